The van der Waals surface area contributed by atoms with Crippen LogP contribution in [0.5, 0.6) is 0 Å². The van der Waals surface area contributed by atoms with Crippen molar-refractivity contribution >= 4 is 28.8 Å². The highest BCUT2D eigenvalue weighted by Crippen LogP contribution is 2.28. The molecule has 0 saturated carbocycles. The van der Waals surface area contributed by atoms with Crippen LogP contribution in [0.3, 0.4) is 0 Å². The van der Waals surface area contributed by atoms with E-state index in [1.807, 2.05) is 16.7 Å². The van der Waals surface area contributed by atoms with Crippen LogP contribution in [0.2, 0.25) is 0 Å². The van der Waals surface area contributed by atoms with E-state index in [2.05, 4.69) is 23.5 Å². The Morgan fingerprint density at radius 2 is 2.47 bits per heavy atom. The molecule has 2 heterocycles. The van der Waals surface area contributed by atoms with Crippen molar-refractivity contribution in [2.24, 2.45) is 0 Å². The van der Waals surface area contributed by atoms with Gasteiger partial charge in [0.25, 0.3) is 0 Å². The van der Waals surface area contributed by atoms with Crippen molar-refractivity contribution in [3.63, 3.8) is 0 Å². The molecule has 0 bridgehead atoms. The zero-order valence-corrected chi connectivity index (χ0v) is 11.4. The summed E-state index contributed by atoms with van der Waals surface area (Å²) in [7, 11) is 0. The summed E-state index contributed by atoms with van der Waals surface area (Å²) in [6.07, 6.45) is 6.06. The van der Waals surface area contributed by atoms with Crippen LogP contribution in [0, 0.1) is 0 Å². The van der Waals surface area contributed by atoms with Crippen molar-refractivity contribution in [2.75, 3.05) is 5.75 Å². The molecule has 1 atom stereocenters. The van der Waals surface area contributed by atoms with Gasteiger partial charge in [-0.25, -0.2) is 4.98 Å². The molecule has 0 radical (unpaired) electrons. The maximum absolute atomic E-state index is 10.7. The molecule has 1 N–H and O–H groups in total. The predicted octanol–water partition coefficient (Wildman–Crippen LogP) is 2.75. The quantitative estimate of drug-likeness (QED) is 0.649. The van der Waals surface area contributed by atoms with Gasteiger partial charge in [-0.2, -0.15) is 0 Å². The Morgan fingerprint density at radius 1 is 1.68 bits per heavy atom. The lowest BCUT2D eigenvalue weighted by Crippen LogP contribution is -2.07. The lowest BCUT2D eigenvalue weighted by atomic mass is 10.2. The number of imidazole rings is 1. The highest BCUT2D eigenvalue weighted by atomic mass is 32.2. The number of thioether (sulfide) groups is 1. The van der Waals surface area contributed by atoms with E-state index in [1.165, 1.54) is 11.8 Å². The smallest absolute Gasteiger partial charge is 0.313 e. The number of fused-ring (bicyclic) bond motifs is 1. The first kappa shape index (κ1) is 13.6. The van der Waals surface area contributed by atoms with Gasteiger partial charge in [0.05, 0.1) is 17.5 Å². The van der Waals surface area contributed by atoms with Gasteiger partial charge in [-0.1, -0.05) is 17.8 Å². The molecule has 1 unspecified atom stereocenters. The first-order valence-electron chi connectivity index (χ1n) is 5.91. The first-order valence-corrected chi connectivity index (χ1v) is 6.89. The number of aromatic nitrogens is 3. The van der Waals surface area contributed by atoms with Crippen LogP contribution in [0.15, 0.2) is 36.3 Å². The fourth-order valence-corrected chi connectivity index (χ4v) is 2.76. The Labute approximate surface area is 115 Å². The normalized spacial score (nSPS) is 12.5. The average molecular weight is 277 g/mol. The van der Waals surface area contributed by atoms with E-state index in [-0.39, 0.29) is 11.8 Å². The van der Waals surface area contributed by atoms with Crippen LogP contribution in [-0.4, -0.2) is 31.4 Å². The molecule has 0 aromatic carbocycles. The summed E-state index contributed by atoms with van der Waals surface area (Å²) < 4.78 is 2.05. The molecule has 19 heavy (non-hydrogen) atoms. The Balaban J connectivity index is 2.45. The number of hydrogen-bond donors (Lipinski definition) is 1. The van der Waals surface area contributed by atoms with Crippen LogP contribution in [0.1, 0.15) is 19.4 Å². The van der Waals surface area contributed by atoms with Crippen LogP contribution in [0.25, 0.3) is 11.0 Å². The Kier molecular flexibility index (Phi) is 4.21. The van der Waals surface area contributed by atoms with Crippen molar-refractivity contribution < 1.29 is 9.90 Å². The summed E-state index contributed by atoms with van der Waals surface area (Å²) in [5.41, 5.74) is 1.75. The summed E-state index contributed by atoms with van der Waals surface area (Å²) in [4.78, 5) is 19.2. The number of carboxylic acids is 1. The molecule has 0 saturated heterocycles. The van der Waals surface area contributed by atoms with Gasteiger partial charge < -0.3 is 9.67 Å². The number of allylic oxidation sites excluding steroid dienone is 1. The van der Waals surface area contributed by atoms with Crippen molar-refractivity contribution in [1.29, 1.82) is 0 Å². The van der Waals surface area contributed by atoms with Crippen LogP contribution in [-0.2, 0) is 4.79 Å². The zero-order chi connectivity index (χ0) is 13.8. The molecule has 0 spiro atoms. The summed E-state index contributed by atoms with van der Waals surface area (Å²) >= 11 is 1.23. The maximum Gasteiger partial charge on any atom is 0.313 e. The number of hydrogen-bond acceptors (Lipinski definition) is 4. The third-order valence-electron chi connectivity index (χ3n) is 2.73. The van der Waals surface area contributed by atoms with Crippen molar-refractivity contribution in [3.05, 3.63) is 31.1 Å². The molecule has 0 aliphatic carbocycles. The molecule has 0 aliphatic heterocycles. The molecule has 0 fully saturated rings. The monoisotopic (exact) mass is 277 g/mol. The second-order valence-corrected chi connectivity index (χ2v) is 5.13. The van der Waals surface area contributed by atoms with Crippen LogP contribution < -0.4 is 0 Å². The maximum atomic E-state index is 10.7. The standard InChI is InChI=1S/C13H15N3O2S/c1-3-4-9(2)16-11-5-6-14-7-10(11)15-13(16)19-8-12(17)18/h3,5-7,9H,1,4,8H2,2H3,(H,17,18). The highest BCUT2D eigenvalue weighted by Gasteiger charge is 2.16. The average Bonchev–Trinajstić information content (AvgIpc) is 2.74. The summed E-state index contributed by atoms with van der Waals surface area (Å²) in [5.74, 6) is -0.851. The van der Waals surface area contributed by atoms with E-state index in [1.54, 1.807) is 12.4 Å². The third-order valence-corrected chi connectivity index (χ3v) is 3.67. The predicted molar refractivity (Wildman–Crippen MR) is 75.4 cm³/mol. The van der Waals surface area contributed by atoms with E-state index in [0.29, 0.717) is 5.16 Å². The molecule has 0 aliphatic rings. The Morgan fingerprint density at radius 3 is 3.16 bits per heavy atom. The number of carboxylic acid groups (broad SMARTS) is 1. The lowest BCUT2D eigenvalue weighted by molar-refractivity contribution is -0.133. The summed E-state index contributed by atoms with van der Waals surface area (Å²) in [5, 5.41) is 9.50. The minimum atomic E-state index is -0.849. The van der Waals surface area contributed by atoms with Gasteiger partial charge in [-0.15, -0.1) is 6.58 Å². The number of pyridine rings is 1. The second kappa shape index (κ2) is 5.88. The van der Waals surface area contributed by atoms with Crippen molar-refractivity contribution in [3.8, 4) is 0 Å². The summed E-state index contributed by atoms with van der Waals surface area (Å²) in [6.45, 7) is 5.81. The number of aliphatic carboxylic acids is 1. The fourth-order valence-electron chi connectivity index (χ4n) is 1.93. The van der Waals surface area contributed by atoms with Gasteiger partial charge in [0.15, 0.2) is 5.16 Å². The van der Waals surface area contributed by atoms with Gasteiger partial charge >= 0.3 is 5.97 Å². The van der Waals surface area contributed by atoms with Gasteiger partial charge in [0.1, 0.15) is 5.52 Å². The highest BCUT2D eigenvalue weighted by molar-refractivity contribution is 7.99. The number of rotatable bonds is 6. The molecule has 2 rings (SSSR count). The van der Waals surface area contributed by atoms with E-state index in [4.69, 9.17) is 5.11 Å². The molecule has 6 heteroatoms. The summed E-state index contributed by atoms with van der Waals surface area (Å²) in [6, 6.07) is 2.08. The molecule has 0 amide bonds. The second-order valence-electron chi connectivity index (χ2n) is 4.18. The molecular weight excluding hydrogens is 262 g/mol. The van der Waals surface area contributed by atoms with E-state index in [9.17, 15) is 4.79 Å². The molecule has 2 aromatic heterocycles. The Bertz CT molecular complexity index is 609. The van der Waals surface area contributed by atoms with Gasteiger partial charge in [-0.3, -0.25) is 9.78 Å². The van der Waals surface area contributed by atoms with E-state index >= 15 is 0 Å². The number of carbonyl (C=O) groups is 1. The van der Waals surface area contributed by atoms with Crippen LogP contribution >= 0.6 is 11.8 Å². The molecule has 100 valence electrons. The van der Waals surface area contributed by atoms with Crippen LogP contribution in [0.4, 0.5) is 0 Å². The fraction of sp³-hybridized carbons (Fsp3) is 0.308. The van der Waals surface area contributed by atoms with E-state index < -0.39 is 5.97 Å². The lowest BCUT2D eigenvalue weighted by Gasteiger charge is -2.15. The number of nitrogens with zero attached hydrogens (tertiary/aromatic N) is 3. The molecular formula is C13H15N3O2S. The van der Waals surface area contributed by atoms with Gasteiger partial charge in [-0.05, 0) is 19.4 Å². The first-order chi connectivity index (χ1) is 9.13. The van der Waals surface area contributed by atoms with Crippen molar-refractivity contribution in [2.45, 2.75) is 24.5 Å². The minimum Gasteiger partial charge on any atom is -0.481 e. The third kappa shape index (κ3) is 2.96. The SMILES string of the molecule is C=CCC(C)n1c(SCC(=O)O)nc2cnccc21. The molecule has 5 nitrogen and oxygen atoms in total. The molecule has 2 aromatic rings. The van der Waals surface area contributed by atoms with E-state index in [0.717, 1.165) is 17.5 Å². The largest absolute Gasteiger partial charge is 0.481 e. The van der Waals surface area contributed by atoms with Gasteiger partial charge in [0, 0.05) is 12.2 Å². The van der Waals surface area contributed by atoms with Crippen molar-refractivity contribution in [1.82, 2.24) is 14.5 Å². The Hall–Kier alpha value is -1.82. The van der Waals surface area contributed by atoms with Gasteiger partial charge in [0.2, 0.25) is 0 Å². The topological polar surface area (TPSA) is 68.0 Å². The zero-order valence-electron chi connectivity index (χ0n) is 10.6. The minimum absolute atomic E-state index is 0.00242.